The van der Waals surface area contributed by atoms with Gasteiger partial charge >= 0.3 is 0 Å². The Morgan fingerprint density at radius 3 is 2.38 bits per heavy atom. The molecule has 0 aliphatic carbocycles. The molecule has 7 nitrogen and oxygen atoms in total. The van der Waals surface area contributed by atoms with Crippen LogP contribution in [0.1, 0.15) is 22.8 Å². The van der Waals surface area contributed by atoms with E-state index in [9.17, 15) is 4.79 Å². The molecule has 29 heavy (non-hydrogen) atoms. The normalized spacial score (nSPS) is 11.7. The largest absolute Gasteiger partial charge is 0.341 e. The predicted octanol–water partition coefficient (Wildman–Crippen LogP) is 2.90. The molecule has 0 aliphatic rings. The van der Waals surface area contributed by atoms with Gasteiger partial charge in [0.1, 0.15) is 0 Å². The molecule has 0 unspecified atom stereocenters. The first-order chi connectivity index (χ1) is 14.2. The van der Waals surface area contributed by atoms with Gasteiger partial charge in [-0.3, -0.25) is 4.79 Å². The first kappa shape index (κ1) is 18.4. The van der Waals surface area contributed by atoms with Crippen molar-refractivity contribution in [3.8, 4) is 0 Å². The Labute approximate surface area is 167 Å². The Balaban J connectivity index is 1.65. The van der Waals surface area contributed by atoms with Crippen molar-refractivity contribution in [3.05, 3.63) is 77.9 Å². The summed E-state index contributed by atoms with van der Waals surface area (Å²) in [5, 5.41) is 12.4. The van der Waals surface area contributed by atoms with Gasteiger partial charge in [-0.1, -0.05) is 36.4 Å². The number of hydrogen-bond donors (Lipinski definition) is 3. The molecule has 0 radical (unpaired) electrons. The van der Waals surface area contributed by atoms with E-state index < -0.39 is 0 Å². The summed E-state index contributed by atoms with van der Waals surface area (Å²) in [5.41, 5.74) is 9.42. The predicted molar refractivity (Wildman–Crippen MR) is 115 cm³/mol. The van der Waals surface area contributed by atoms with Gasteiger partial charge < -0.3 is 15.7 Å². The molecule has 4 rings (SSSR count). The van der Waals surface area contributed by atoms with Crippen molar-refractivity contribution < 1.29 is 10.3 Å². The van der Waals surface area contributed by atoms with Gasteiger partial charge in [0.2, 0.25) is 5.84 Å². The number of anilines is 1. The second kappa shape index (κ2) is 7.55. The average molecular weight is 385 g/mol. The van der Waals surface area contributed by atoms with E-state index in [1.54, 1.807) is 24.3 Å². The van der Waals surface area contributed by atoms with Crippen molar-refractivity contribution in [1.82, 2.24) is 4.57 Å². The molecule has 3 aromatic carbocycles. The fourth-order valence-corrected chi connectivity index (χ4v) is 3.62. The molecule has 0 spiro atoms. The number of carbonyl (C=O) groups is 1. The van der Waals surface area contributed by atoms with Gasteiger partial charge in [0, 0.05) is 44.8 Å². The Kier molecular flexibility index (Phi) is 4.78. The van der Waals surface area contributed by atoms with Crippen LogP contribution in [0, 0.1) is 0 Å². The van der Waals surface area contributed by atoms with Crippen LogP contribution in [0.5, 0.6) is 0 Å². The number of nitrogens with zero attached hydrogens (tertiary/aromatic N) is 3. The fraction of sp³-hybridized carbons (Fsp3) is 0.0909. The van der Waals surface area contributed by atoms with Gasteiger partial charge in [-0.2, -0.15) is 10.6 Å². The van der Waals surface area contributed by atoms with Crippen LogP contribution in [0.15, 0.2) is 76.9 Å². The first-order valence-electron chi connectivity index (χ1n) is 9.28. The Bertz CT molecular complexity index is 1250. The minimum Gasteiger partial charge on any atom is -0.341 e. The maximum atomic E-state index is 12.7. The highest BCUT2D eigenvalue weighted by Gasteiger charge is 2.12. The molecule has 7 heteroatoms. The first-order valence-corrected chi connectivity index (χ1v) is 9.28. The zero-order valence-corrected chi connectivity index (χ0v) is 16.0. The number of amides is 1. The topological polar surface area (TPSA) is 110 Å². The summed E-state index contributed by atoms with van der Waals surface area (Å²) >= 11 is 0. The highest BCUT2D eigenvalue weighted by atomic mass is 16.1. The molecule has 1 aromatic heterocycles. The van der Waals surface area contributed by atoms with Crippen LogP contribution in [0.2, 0.25) is 0 Å². The molecule has 0 bridgehead atoms. The van der Waals surface area contributed by atoms with E-state index in [-0.39, 0.29) is 11.7 Å². The molecule has 0 fully saturated rings. The Morgan fingerprint density at radius 1 is 1.00 bits per heavy atom. The number of carbonyl (C=O) groups excluding carboxylic acids is 1. The quantitative estimate of drug-likeness (QED) is 0.165. The van der Waals surface area contributed by atoms with Gasteiger partial charge in [0.05, 0.1) is 5.52 Å². The van der Waals surface area contributed by atoms with Crippen LogP contribution >= 0.6 is 0 Å². The highest BCUT2D eigenvalue weighted by molar-refractivity contribution is 6.11. The Morgan fingerprint density at radius 2 is 1.69 bits per heavy atom. The molecule has 144 valence electrons. The standard InChI is InChI=1S/C22H20N6O/c1-2-28-19-6-4-3-5-17(19)18-12-11-16(13-20(18)28)25-22(29)15-9-7-14(8-10-15)21(26-23)27-24/h3-13,23H,2,24H2,1H3,(H,25,29)/p+1/b26-23?,27-21-. The zero-order chi connectivity index (χ0) is 20.4. The molecule has 0 saturated carbocycles. The van der Waals surface area contributed by atoms with Crippen molar-refractivity contribution >= 4 is 39.2 Å². The summed E-state index contributed by atoms with van der Waals surface area (Å²) in [5.74, 6) is 5.26. The molecule has 5 N–H and O–H groups in total. The number of hydrazone groups is 1. The number of para-hydroxylation sites is 1. The van der Waals surface area contributed by atoms with Gasteiger partial charge in [-0.25, -0.2) is 0 Å². The number of nitrogens with two attached hydrogens (primary N) is 2. The number of aryl methyl sites for hydroxylation is 1. The van der Waals surface area contributed by atoms with Gasteiger partial charge in [-0.05, 0) is 37.3 Å². The summed E-state index contributed by atoms with van der Waals surface area (Å²) in [6, 6.07) is 21.1. The van der Waals surface area contributed by atoms with E-state index in [4.69, 9.17) is 11.4 Å². The van der Waals surface area contributed by atoms with Crippen LogP contribution in [-0.2, 0) is 6.54 Å². The molecular weight excluding hydrogens is 364 g/mol. The third kappa shape index (κ3) is 3.23. The number of rotatable bonds is 4. The van der Waals surface area contributed by atoms with Gasteiger partial charge in [0.25, 0.3) is 5.91 Å². The lowest BCUT2D eigenvalue weighted by Crippen LogP contribution is -2.27. The van der Waals surface area contributed by atoms with E-state index in [0.717, 1.165) is 17.7 Å². The number of hydrogen-bond acceptors (Lipinski definition) is 3. The van der Waals surface area contributed by atoms with Crippen molar-refractivity contribution in [2.24, 2.45) is 16.1 Å². The molecule has 1 heterocycles. The minimum atomic E-state index is -0.203. The lowest BCUT2D eigenvalue weighted by Gasteiger charge is -2.08. The molecule has 0 saturated heterocycles. The monoisotopic (exact) mass is 385 g/mol. The lowest BCUT2D eigenvalue weighted by molar-refractivity contribution is -0.206. The van der Waals surface area contributed by atoms with Crippen molar-refractivity contribution in [3.63, 3.8) is 0 Å². The summed E-state index contributed by atoms with van der Waals surface area (Å²) in [7, 11) is 0. The van der Waals surface area contributed by atoms with E-state index in [1.807, 2.05) is 24.3 Å². The third-order valence-electron chi connectivity index (χ3n) is 5.00. The average Bonchev–Trinajstić information content (AvgIpc) is 3.08. The number of nitrogens with one attached hydrogen (secondary N) is 1. The van der Waals surface area contributed by atoms with Crippen molar-refractivity contribution in [2.75, 3.05) is 5.32 Å². The number of amidine groups is 1. The van der Waals surface area contributed by atoms with Gasteiger partial charge in [-0.15, -0.1) is 0 Å². The van der Waals surface area contributed by atoms with Crippen LogP contribution < -0.4 is 16.7 Å². The van der Waals surface area contributed by atoms with Crippen LogP contribution in [0.25, 0.3) is 21.8 Å². The van der Waals surface area contributed by atoms with Crippen LogP contribution in [0.4, 0.5) is 5.69 Å². The minimum absolute atomic E-state index is 0.203. The Hall–Kier alpha value is -4.00. The highest BCUT2D eigenvalue weighted by Crippen LogP contribution is 2.30. The number of aromatic nitrogens is 1. The lowest BCUT2D eigenvalue weighted by atomic mass is 10.1. The fourth-order valence-electron chi connectivity index (χ4n) is 3.62. The zero-order valence-electron chi connectivity index (χ0n) is 16.0. The maximum absolute atomic E-state index is 12.7. The van der Waals surface area contributed by atoms with Crippen LogP contribution in [-0.4, -0.2) is 16.3 Å². The molecule has 4 aromatic rings. The summed E-state index contributed by atoms with van der Waals surface area (Å²) in [6.07, 6.45) is 0. The van der Waals surface area contributed by atoms with E-state index in [0.29, 0.717) is 11.1 Å². The second-order valence-corrected chi connectivity index (χ2v) is 6.61. The summed E-state index contributed by atoms with van der Waals surface area (Å²) in [6.45, 7) is 2.96. The number of benzene rings is 3. The van der Waals surface area contributed by atoms with E-state index >= 15 is 0 Å². The van der Waals surface area contributed by atoms with E-state index in [1.165, 1.54) is 16.3 Å². The number of fused-ring (bicyclic) bond motifs is 3. The molecule has 0 atom stereocenters. The molecule has 0 aliphatic heterocycles. The smallest absolute Gasteiger partial charge is 0.255 e. The van der Waals surface area contributed by atoms with Crippen molar-refractivity contribution in [2.45, 2.75) is 13.5 Å². The summed E-state index contributed by atoms with van der Waals surface area (Å²) < 4.78 is 2.25. The SMILES string of the molecule is CCn1c2ccccc2c2ccc(NC(=O)c3ccc(/C(N=[NH2+])=N/N)cc3)cc21. The van der Waals surface area contributed by atoms with Crippen LogP contribution in [0.3, 0.4) is 0 Å². The summed E-state index contributed by atoms with van der Waals surface area (Å²) in [4.78, 5) is 12.7. The molecule has 1 amide bonds. The maximum Gasteiger partial charge on any atom is 0.255 e. The van der Waals surface area contributed by atoms with Gasteiger partial charge in [0.15, 0.2) is 0 Å². The van der Waals surface area contributed by atoms with Crippen molar-refractivity contribution in [1.29, 1.82) is 0 Å². The molecular formula is C22H21N6O+. The van der Waals surface area contributed by atoms with E-state index in [2.05, 4.69) is 45.2 Å². The third-order valence-corrected chi connectivity index (χ3v) is 5.00. The second-order valence-electron chi connectivity index (χ2n) is 6.61.